The summed E-state index contributed by atoms with van der Waals surface area (Å²) >= 11 is 8.60. The molecule has 0 saturated carbocycles. The first-order valence-electron chi connectivity index (χ1n) is 6.63. The van der Waals surface area contributed by atoms with Crippen molar-refractivity contribution >= 4 is 77.0 Å². The van der Waals surface area contributed by atoms with Crippen LogP contribution in [0.1, 0.15) is 0 Å². The molecule has 2 atom stereocenters. The molecular formula is C12H10O4S4Se2. The van der Waals surface area contributed by atoms with Gasteiger partial charge < -0.3 is 0 Å². The van der Waals surface area contributed by atoms with Gasteiger partial charge in [-0.3, -0.25) is 0 Å². The quantitative estimate of drug-likeness (QED) is 0.466. The molecule has 5 heterocycles. The summed E-state index contributed by atoms with van der Waals surface area (Å²) < 4.78 is 29.3. The molecule has 0 aromatic carbocycles. The number of thioether (sulfide) groups is 4. The van der Waals surface area contributed by atoms with Gasteiger partial charge in [0.1, 0.15) is 0 Å². The fourth-order valence-electron chi connectivity index (χ4n) is 2.18. The molecule has 0 bridgehead atoms. The van der Waals surface area contributed by atoms with E-state index in [9.17, 15) is 0 Å². The van der Waals surface area contributed by atoms with E-state index >= 15 is 0 Å². The molecule has 5 aliphatic rings. The van der Waals surface area contributed by atoms with E-state index in [2.05, 4.69) is 23.5 Å². The van der Waals surface area contributed by atoms with E-state index in [4.69, 9.17) is 18.9 Å². The van der Waals surface area contributed by atoms with Crippen molar-refractivity contribution in [2.75, 3.05) is 24.7 Å². The van der Waals surface area contributed by atoms with Crippen LogP contribution in [-0.4, -0.2) is 67.2 Å². The maximum atomic E-state index is 5.93. The van der Waals surface area contributed by atoms with Gasteiger partial charge in [0.05, 0.1) is 0 Å². The monoisotopic (exact) mass is 506 g/mol. The molecule has 4 nitrogen and oxygen atoms in total. The molecule has 0 spiro atoms. The van der Waals surface area contributed by atoms with Gasteiger partial charge in [0, 0.05) is 0 Å². The predicted molar refractivity (Wildman–Crippen MR) is 94.3 cm³/mol. The molecule has 10 heteroatoms. The summed E-state index contributed by atoms with van der Waals surface area (Å²) in [5.41, 5.74) is 0. The zero-order chi connectivity index (χ0) is 14.5. The number of rotatable bonds is 0. The molecule has 0 aliphatic carbocycles. The number of ether oxygens (including phenoxy) is 4. The van der Waals surface area contributed by atoms with E-state index in [0.29, 0.717) is 43.1 Å². The van der Waals surface area contributed by atoms with Crippen LogP contribution in [0.2, 0.25) is 0 Å². The summed E-state index contributed by atoms with van der Waals surface area (Å²) in [6.45, 7) is 1.13. The van der Waals surface area contributed by atoms with Crippen molar-refractivity contribution in [2.24, 2.45) is 0 Å². The van der Waals surface area contributed by atoms with Crippen LogP contribution in [-0.2, 0) is 18.9 Å². The topological polar surface area (TPSA) is 36.9 Å². The molecule has 0 amide bonds. The molecule has 0 aromatic heterocycles. The summed E-state index contributed by atoms with van der Waals surface area (Å²) in [5, 5.41) is 1.71. The third kappa shape index (κ3) is 2.83. The molecule has 5 aliphatic heterocycles. The fraction of sp³-hybridized carbons (Fsp3) is 0.500. The molecule has 22 heavy (non-hydrogen) atoms. The molecule has 0 radical (unpaired) electrons. The van der Waals surface area contributed by atoms with Gasteiger partial charge in [-0.25, -0.2) is 0 Å². The van der Waals surface area contributed by atoms with Crippen LogP contribution < -0.4 is 0 Å². The zero-order valence-electron chi connectivity index (χ0n) is 11.1. The average molecular weight is 504 g/mol. The second-order valence-corrected chi connectivity index (χ2v) is 15.7. The van der Waals surface area contributed by atoms with E-state index < -0.39 is 12.6 Å². The van der Waals surface area contributed by atoms with Crippen molar-refractivity contribution in [1.82, 2.24) is 0 Å². The van der Waals surface area contributed by atoms with Crippen molar-refractivity contribution in [1.29, 1.82) is 0 Å². The van der Waals surface area contributed by atoms with Crippen molar-refractivity contribution in [3.05, 3.63) is 25.4 Å². The Morgan fingerprint density at radius 3 is 1.91 bits per heavy atom. The first-order chi connectivity index (χ1) is 10.9. The predicted octanol–water partition coefficient (Wildman–Crippen LogP) is 2.49. The Morgan fingerprint density at radius 1 is 0.818 bits per heavy atom. The molecule has 118 valence electrons. The van der Waals surface area contributed by atoms with E-state index in [0.717, 1.165) is 10.2 Å². The second kappa shape index (κ2) is 6.48. The summed E-state index contributed by atoms with van der Waals surface area (Å²) in [6.07, 6.45) is -0.830. The van der Waals surface area contributed by atoms with E-state index in [1.807, 2.05) is 0 Å². The molecule has 5 rings (SSSR count). The van der Waals surface area contributed by atoms with Crippen molar-refractivity contribution in [2.45, 2.75) is 12.6 Å². The minimum absolute atomic E-state index is 0.415. The van der Waals surface area contributed by atoms with E-state index in [-0.39, 0.29) is 0 Å². The maximum absolute atomic E-state index is 5.93. The van der Waals surface area contributed by atoms with Crippen LogP contribution in [0, 0.1) is 0 Å². The summed E-state index contributed by atoms with van der Waals surface area (Å²) in [4.78, 5) is 0. The van der Waals surface area contributed by atoms with Crippen LogP contribution in [0.15, 0.2) is 25.4 Å². The second-order valence-electron chi connectivity index (χ2n) is 4.54. The van der Waals surface area contributed by atoms with Crippen LogP contribution in [0.3, 0.4) is 0 Å². The molecule has 0 aromatic rings. The van der Waals surface area contributed by atoms with Crippen LogP contribution in [0.4, 0.5) is 0 Å². The van der Waals surface area contributed by atoms with Gasteiger partial charge in [0.25, 0.3) is 0 Å². The van der Waals surface area contributed by atoms with Crippen molar-refractivity contribution < 1.29 is 18.9 Å². The van der Waals surface area contributed by atoms with Gasteiger partial charge >= 0.3 is 159 Å². The van der Waals surface area contributed by atoms with Gasteiger partial charge in [-0.2, -0.15) is 0 Å². The minimum atomic E-state index is -0.415. The average Bonchev–Trinajstić information content (AvgIpc) is 3.15. The summed E-state index contributed by atoms with van der Waals surface area (Å²) in [7, 11) is 0. The Morgan fingerprint density at radius 2 is 1.36 bits per heavy atom. The van der Waals surface area contributed by atoms with Crippen LogP contribution in [0.25, 0.3) is 0 Å². The zero-order valence-corrected chi connectivity index (χ0v) is 17.8. The van der Waals surface area contributed by atoms with Crippen molar-refractivity contribution in [3.63, 3.8) is 0 Å². The molecule has 0 N–H and O–H groups in total. The van der Waals surface area contributed by atoms with E-state index in [1.54, 1.807) is 34.5 Å². The Balaban J connectivity index is 1.34. The molecule has 1 saturated heterocycles. The SMILES string of the molecule is C1COC2OC3=C(OC2O1)SC(=C1[Se]C2=C(SCCS2)[Se]1)S3. The van der Waals surface area contributed by atoms with Gasteiger partial charge in [-0.1, -0.05) is 0 Å². The first-order valence-corrected chi connectivity index (χ1v) is 13.7. The summed E-state index contributed by atoms with van der Waals surface area (Å²) in [5.74, 6) is 2.53. The van der Waals surface area contributed by atoms with Crippen LogP contribution >= 0.6 is 47.0 Å². The first kappa shape index (κ1) is 15.4. The number of fused-ring (bicyclic) bond motifs is 1. The van der Waals surface area contributed by atoms with Gasteiger partial charge in [0.15, 0.2) is 0 Å². The van der Waals surface area contributed by atoms with Gasteiger partial charge in [-0.15, -0.1) is 0 Å². The molecular weight excluding hydrogens is 494 g/mol. The van der Waals surface area contributed by atoms with E-state index in [1.165, 1.54) is 15.7 Å². The Hall–Kier alpha value is 1.18. The van der Waals surface area contributed by atoms with Crippen LogP contribution in [0.5, 0.6) is 0 Å². The van der Waals surface area contributed by atoms with Gasteiger partial charge in [0.2, 0.25) is 0 Å². The Kier molecular flexibility index (Phi) is 4.55. The third-order valence-electron chi connectivity index (χ3n) is 3.11. The standard InChI is InChI=1S/C12H10O4S4Se2/c1-2-14-6-5(13-1)15-7-8(16-6)20-9(19-7)12-21-10-11(22-12)18-4-3-17-10/h5-6H,1-4H2. The number of hydrogen-bond donors (Lipinski definition) is 0. The Bertz CT molecular complexity index is 572. The summed E-state index contributed by atoms with van der Waals surface area (Å²) in [6, 6.07) is 0. The molecule has 1 fully saturated rings. The molecule has 2 unspecified atom stereocenters. The number of hydrogen-bond acceptors (Lipinski definition) is 8. The fourth-order valence-corrected chi connectivity index (χ4v) is 17.5. The van der Waals surface area contributed by atoms with Crippen molar-refractivity contribution in [3.8, 4) is 0 Å². The normalized spacial score (nSPS) is 34.2. The third-order valence-corrected chi connectivity index (χ3v) is 17.4. The van der Waals surface area contributed by atoms with Gasteiger partial charge in [-0.05, 0) is 0 Å². The Labute approximate surface area is 157 Å².